The Labute approximate surface area is 127 Å². The number of nitrogen functional groups attached to an aromatic ring is 1. The maximum absolute atomic E-state index is 12.7. The number of hydrogen-bond donors (Lipinski definition) is 2. The third-order valence-electron chi connectivity index (χ3n) is 3.96. The summed E-state index contributed by atoms with van der Waals surface area (Å²) in [5, 5.41) is 0.912. The zero-order valence-electron chi connectivity index (χ0n) is 12.3. The lowest BCUT2D eigenvalue weighted by Gasteiger charge is -2.30. The first kappa shape index (κ1) is 14.3. The summed E-state index contributed by atoms with van der Waals surface area (Å²) in [7, 11) is 0. The van der Waals surface area contributed by atoms with Gasteiger partial charge in [0, 0.05) is 30.2 Å². The van der Waals surface area contributed by atoms with Crippen LogP contribution in [0.2, 0.25) is 0 Å². The minimum Gasteiger partial charge on any atom is -0.397 e. The maximum atomic E-state index is 12.7. The van der Waals surface area contributed by atoms with Gasteiger partial charge in [0.05, 0.1) is 5.69 Å². The zero-order valence-corrected chi connectivity index (χ0v) is 13.2. The molecule has 1 aliphatic rings. The van der Waals surface area contributed by atoms with Crippen LogP contribution < -0.4 is 11.5 Å². The largest absolute Gasteiger partial charge is 0.397 e. The molecule has 0 saturated carbocycles. The number of piperidine rings is 1. The molecule has 1 atom stereocenters. The van der Waals surface area contributed by atoms with Gasteiger partial charge in [0.2, 0.25) is 0 Å². The summed E-state index contributed by atoms with van der Waals surface area (Å²) in [6, 6.07) is 2.07. The van der Waals surface area contributed by atoms with E-state index in [2.05, 4.69) is 4.98 Å². The molecule has 1 fully saturated rings. The molecule has 5 nitrogen and oxygen atoms in total. The number of likely N-dealkylation sites (tertiary alicyclic amines) is 1. The van der Waals surface area contributed by atoms with Crippen LogP contribution in [0.5, 0.6) is 0 Å². The van der Waals surface area contributed by atoms with Gasteiger partial charge in [-0.05, 0) is 38.3 Å². The van der Waals surface area contributed by atoms with E-state index in [9.17, 15) is 4.79 Å². The second-order valence-electron chi connectivity index (χ2n) is 5.76. The lowest BCUT2D eigenvalue weighted by Crippen LogP contribution is -2.45. The molecule has 0 bridgehead atoms. The van der Waals surface area contributed by atoms with Gasteiger partial charge in [0.15, 0.2) is 0 Å². The predicted molar refractivity (Wildman–Crippen MR) is 86.6 cm³/mol. The number of aryl methyl sites for hydroxylation is 2. The van der Waals surface area contributed by atoms with E-state index < -0.39 is 0 Å². The summed E-state index contributed by atoms with van der Waals surface area (Å²) >= 11 is 1.39. The van der Waals surface area contributed by atoms with Gasteiger partial charge in [-0.2, -0.15) is 0 Å². The van der Waals surface area contributed by atoms with Crippen LogP contribution in [0.1, 0.15) is 33.8 Å². The fourth-order valence-electron chi connectivity index (χ4n) is 2.97. The second-order valence-corrected chi connectivity index (χ2v) is 6.76. The highest BCUT2D eigenvalue weighted by molar-refractivity contribution is 7.21. The SMILES string of the molecule is Cc1cc(C)c2c(N)c(C(=O)N3CCCC(N)C3)sc2n1. The number of nitrogens with two attached hydrogens (primary N) is 2. The Kier molecular flexibility index (Phi) is 3.59. The quantitative estimate of drug-likeness (QED) is 0.844. The van der Waals surface area contributed by atoms with Gasteiger partial charge < -0.3 is 16.4 Å². The van der Waals surface area contributed by atoms with E-state index in [1.807, 2.05) is 24.8 Å². The highest BCUT2D eigenvalue weighted by Gasteiger charge is 2.26. The maximum Gasteiger partial charge on any atom is 0.266 e. The number of nitrogens with zero attached hydrogens (tertiary/aromatic N) is 2. The highest BCUT2D eigenvalue weighted by Crippen LogP contribution is 2.36. The molecule has 3 heterocycles. The Hall–Kier alpha value is -1.66. The van der Waals surface area contributed by atoms with Crippen molar-refractivity contribution >= 4 is 33.1 Å². The van der Waals surface area contributed by atoms with E-state index in [1.54, 1.807) is 0 Å². The molecular formula is C15H20N4OS. The summed E-state index contributed by atoms with van der Waals surface area (Å²) in [5.74, 6) is -0.0114. The second kappa shape index (κ2) is 5.27. The van der Waals surface area contributed by atoms with E-state index in [0.29, 0.717) is 17.1 Å². The molecule has 112 valence electrons. The van der Waals surface area contributed by atoms with Crippen molar-refractivity contribution in [1.29, 1.82) is 0 Å². The lowest BCUT2D eigenvalue weighted by molar-refractivity contribution is 0.0715. The number of hydrogen-bond acceptors (Lipinski definition) is 5. The van der Waals surface area contributed by atoms with Gasteiger partial charge >= 0.3 is 0 Å². The van der Waals surface area contributed by atoms with Gasteiger partial charge in [0.1, 0.15) is 9.71 Å². The topological polar surface area (TPSA) is 85.2 Å². The number of fused-ring (bicyclic) bond motifs is 1. The van der Waals surface area contributed by atoms with Gasteiger partial charge in [-0.25, -0.2) is 4.98 Å². The molecule has 6 heteroatoms. The molecule has 1 aliphatic heterocycles. The van der Waals surface area contributed by atoms with Crippen LogP contribution in [0.15, 0.2) is 6.07 Å². The van der Waals surface area contributed by atoms with Crippen LogP contribution in [0.4, 0.5) is 5.69 Å². The van der Waals surface area contributed by atoms with Crippen LogP contribution in [0, 0.1) is 13.8 Å². The smallest absolute Gasteiger partial charge is 0.266 e. The van der Waals surface area contributed by atoms with E-state index >= 15 is 0 Å². The normalized spacial score (nSPS) is 19.2. The minimum atomic E-state index is -0.0114. The van der Waals surface area contributed by atoms with E-state index in [0.717, 1.165) is 40.9 Å². The third-order valence-corrected chi connectivity index (χ3v) is 5.05. The van der Waals surface area contributed by atoms with Gasteiger partial charge in [0.25, 0.3) is 5.91 Å². The third kappa shape index (κ3) is 2.49. The monoisotopic (exact) mass is 304 g/mol. The highest BCUT2D eigenvalue weighted by atomic mass is 32.1. The van der Waals surface area contributed by atoms with Crippen LogP contribution in [-0.4, -0.2) is 34.9 Å². The summed E-state index contributed by atoms with van der Waals surface area (Å²) in [6.45, 7) is 5.32. The molecule has 21 heavy (non-hydrogen) atoms. The molecule has 1 saturated heterocycles. The Morgan fingerprint density at radius 2 is 2.24 bits per heavy atom. The molecule has 0 spiro atoms. The predicted octanol–water partition coefficient (Wildman–Crippen LogP) is 2.06. The number of amides is 1. The first-order chi connectivity index (χ1) is 9.97. The lowest BCUT2D eigenvalue weighted by atomic mass is 10.1. The van der Waals surface area contributed by atoms with Gasteiger partial charge in [-0.15, -0.1) is 11.3 Å². The number of rotatable bonds is 1. The first-order valence-electron chi connectivity index (χ1n) is 7.18. The number of pyridine rings is 1. The van der Waals surface area contributed by atoms with E-state index in [4.69, 9.17) is 11.5 Å². The molecule has 2 aromatic heterocycles. The molecule has 0 aliphatic carbocycles. The van der Waals surface area contributed by atoms with Crippen molar-refractivity contribution in [3.8, 4) is 0 Å². The van der Waals surface area contributed by atoms with Crippen LogP contribution in [0.3, 0.4) is 0 Å². The van der Waals surface area contributed by atoms with Crippen molar-refractivity contribution in [2.75, 3.05) is 18.8 Å². The van der Waals surface area contributed by atoms with Crippen LogP contribution in [-0.2, 0) is 0 Å². The summed E-state index contributed by atoms with van der Waals surface area (Å²) in [6.07, 6.45) is 1.93. The zero-order chi connectivity index (χ0) is 15.1. The van der Waals surface area contributed by atoms with Crippen LogP contribution in [0.25, 0.3) is 10.2 Å². The summed E-state index contributed by atoms with van der Waals surface area (Å²) in [5.41, 5.74) is 14.8. The fraction of sp³-hybridized carbons (Fsp3) is 0.467. The summed E-state index contributed by atoms with van der Waals surface area (Å²) in [4.78, 5) is 20.5. The number of anilines is 1. The molecule has 0 radical (unpaired) electrons. The van der Waals surface area contributed by atoms with E-state index in [-0.39, 0.29) is 11.9 Å². The van der Waals surface area contributed by atoms with Crippen molar-refractivity contribution in [2.45, 2.75) is 32.7 Å². The Bertz CT molecular complexity index is 709. The van der Waals surface area contributed by atoms with Crippen molar-refractivity contribution in [3.05, 3.63) is 22.2 Å². The molecule has 1 amide bonds. The fourth-order valence-corrected chi connectivity index (χ4v) is 4.15. The van der Waals surface area contributed by atoms with Crippen LogP contribution >= 0.6 is 11.3 Å². The molecular weight excluding hydrogens is 284 g/mol. The van der Waals surface area contributed by atoms with Gasteiger partial charge in [-0.3, -0.25) is 4.79 Å². The number of carbonyl (C=O) groups is 1. The molecule has 2 aromatic rings. The van der Waals surface area contributed by atoms with Gasteiger partial charge in [-0.1, -0.05) is 0 Å². The first-order valence-corrected chi connectivity index (χ1v) is 8.00. The standard InChI is InChI=1S/C15H20N4OS/c1-8-6-9(2)18-14-11(8)12(17)13(21-14)15(20)19-5-3-4-10(16)7-19/h6,10H,3-5,7,16-17H2,1-2H3. The van der Waals surface area contributed by atoms with Crippen molar-refractivity contribution < 1.29 is 4.79 Å². The molecule has 3 rings (SSSR count). The number of thiophene rings is 1. The molecule has 0 aromatic carbocycles. The molecule has 4 N–H and O–H groups in total. The Morgan fingerprint density at radius 3 is 2.95 bits per heavy atom. The average Bonchev–Trinajstić information content (AvgIpc) is 2.75. The Morgan fingerprint density at radius 1 is 1.48 bits per heavy atom. The number of carbonyl (C=O) groups excluding carboxylic acids is 1. The van der Waals surface area contributed by atoms with E-state index in [1.165, 1.54) is 11.3 Å². The summed E-state index contributed by atoms with van der Waals surface area (Å²) < 4.78 is 0. The van der Waals surface area contributed by atoms with Crippen molar-refractivity contribution in [1.82, 2.24) is 9.88 Å². The molecule has 1 unspecified atom stereocenters. The minimum absolute atomic E-state index is 0.0114. The van der Waals surface area contributed by atoms with Crippen molar-refractivity contribution in [3.63, 3.8) is 0 Å². The average molecular weight is 304 g/mol. The Balaban J connectivity index is 2.02. The van der Waals surface area contributed by atoms with Crippen molar-refractivity contribution in [2.24, 2.45) is 5.73 Å². The number of aromatic nitrogens is 1.